The van der Waals surface area contributed by atoms with Crippen LogP contribution in [0.2, 0.25) is 0 Å². The summed E-state index contributed by atoms with van der Waals surface area (Å²) in [4.78, 5) is 26.9. The molecule has 1 heterocycles. The van der Waals surface area contributed by atoms with Crippen LogP contribution in [0.1, 0.15) is 50.6 Å². The number of hydrogen-bond donors (Lipinski definition) is 1. The van der Waals surface area contributed by atoms with E-state index in [0.29, 0.717) is 30.7 Å². The van der Waals surface area contributed by atoms with Crippen LogP contribution in [0, 0.1) is 11.7 Å². The number of rotatable bonds is 8. The van der Waals surface area contributed by atoms with Gasteiger partial charge in [0.05, 0.1) is 18.8 Å². The molecule has 0 bridgehead atoms. The average Bonchev–Trinajstić information content (AvgIpc) is 3.51. The van der Waals surface area contributed by atoms with E-state index in [2.05, 4.69) is 0 Å². The maximum absolute atomic E-state index is 14.5. The number of hydrogen-bond acceptors (Lipinski definition) is 5. The Hall–Kier alpha value is -2.05. The summed E-state index contributed by atoms with van der Waals surface area (Å²) in [5.74, 6) is -0.897. The van der Waals surface area contributed by atoms with E-state index in [1.807, 2.05) is 11.8 Å². The van der Waals surface area contributed by atoms with Gasteiger partial charge in [0.2, 0.25) is 0 Å². The van der Waals surface area contributed by atoms with Gasteiger partial charge < -0.3 is 9.84 Å². The zero-order valence-electron chi connectivity index (χ0n) is 16.3. The second-order valence-corrected chi connectivity index (χ2v) is 7.62. The summed E-state index contributed by atoms with van der Waals surface area (Å²) in [6.45, 7) is 3.05. The van der Waals surface area contributed by atoms with E-state index in [4.69, 9.17) is 4.74 Å². The molecule has 0 aromatic heterocycles. The number of carbonyl (C=O) groups excluding carboxylic acids is 2. The maximum Gasteiger partial charge on any atom is 0.330 e. The number of Topliss-reactive ketones (excluding diaryl/α,β-unsaturated/α-hetero) is 1. The van der Waals surface area contributed by atoms with Crippen LogP contribution in [0.4, 0.5) is 4.39 Å². The fourth-order valence-corrected chi connectivity index (χ4v) is 3.58. The van der Waals surface area contributed by atoms with Gasteiger partial charge in [-0.15, -0.1) is 0 Å². The van der Waals surface area contributed by atoms with E-state index in [1.54, 1.807) is 18.2 Å². The smallest absolute Gasteiger partial charge is 0.330 e. The molecule has 1 N–H and O–H groups in total. The number of carbonyl (C=O) groups is 2. The first-order chi connectivity index (χ1) is 13.5. The molecule has 2 unspecified atom stereocenters. The van der Waals surface area contributed by atoms with E-state index in [9.17, 15) is 19.1 Å². The largest absolute Gasteiger partial charge is 0.463 e. The van der Waals surface area contributed by atoms with Crippen LogP contribution < -0.4 is 0 Å². The van der Waals surface area contributed by atoms with Crippen LogP contribution in [-0.4, -0.2) is 47.6 Å². The zero-order valence-corrected chi connectivity index (χ0v) is 16.3. The van der Waals surface area contributed by atoms with Crippen LogP contribution in [0.5, 0.6) is 0 Å². The van der Waals surface area contributed by atoms with Crippen LogP contribution in [0.25, 0.3) is 0 Å². The lowest BCUT2D eigenvalue weighted by Gasteiger charge is -2.37. The molecule has 5 nitrogen and oxygen atoms in total. The Bertz CT molecular complexity index is 744. The van der Waals surface area contributed by atoms with Crippen molar-refractivity contribution in [3.63, 3.8) is 0 Å². The van der Waals surface area contributed by atoms with Crippen molar-refractivity contribution in [3.8, 4) is 0 Å². The highest BCUT2D eigenvalue weighted by molar-refractivity contribution is 5.89. The number of nitrogens with zero attached hydrogens (tertiary/aromatic N) is 1. The zero-order chi connectivity index (χ0) is 20.1. The maximum atomic E-state index is 14.5. The fraction of sp³-hybridized carbons (Fsp3) is 0.545. The fourth-order valence-electron chi connectivity index (χ4n) is 3.58. The van der Waals surface area contributed by atoms with Crippen molar-refractivity contribution >= 4 is 11.8 Å². The first kappa shape index (κ1) is 20.7. The van der Waals surface area contributed by atoms with Crippen LogP contribution in [0.3, 0.4) is 0 Å². The molecule has 3 rings (SSSR count). The summed E-state index contributed by atoms with van der Waals surface area (Å²) in [6.07, 6.45) is 4.35. The lowest BCUT2D eigenvalue weighted by molar-refractivity contribution is -0.138. The lowest BCUT2D eigenvalue weighted by atomic mass is 9.93. The molecule has 2 aliphatic rings. The van der Waals surface area contributed by atoms with Crippen molar-refractivity contribution in [2.45, 2.75) is 51.2 Å². The molecule has 1 aromatic rings. The number of likely N-dealkylation sites (tertiary alicyclic amines) is 1. The van der Waals surface area contributed by atoms with Crippen molar-refractivity contribution in [1.82, 2.24) is 4.90 Å². The first-order valence-electron chi connectivity index (χ1n) is 10.1. The number of piperidine rings is 1. The Morgan fingerprint density at radius 3 is 2.75 bits per heavy atom. The van der Waals surface area contributed by atoms with Crippen molar-refractivity contribution < 1.29 is 23.8 Å². The third-order valence-corrected chi connectivity index (χ3v) is 5.36. The minimum atomic E-state index is -0.757. The molecule has 6 heteroatoms. The summed E-state index contributed by atoms with van der Waals surface area (Å²) >= 11 is 0. The second-order valence-electron chi connectivity index (χ2n) is 7.62. The molecule has 1 saturated carbocycles. The Kier molecular flexibility index (Phi) is 6.97. The number of benzene rings is 1. The molecule has 0 amide bonds. The van der Waals surface area contributed by atoms with Crippen molar-refractivity contribution in [3.05, 3.63) is 47.3 Å². The standard InChI is InChI=1S/C22H28FNO4/c1-2-3-12-28-20(26)13-16-14-24(11-10-19(16)25)21(22(27)15-8-9-15)17-6-4-5-7-18(17)23/h4-7,13,15,19,21,25H,2-3,8-12,14H2,1H3. The Morgan fingerprint density at radius 1 is 1.32 bits per heavy atom. The topological polar surface area (TPSA) is 66.8 Å². The van der Waals surface area contributed by atoms with Gasteiger partial charge in [0.15, 0.2) is 5.78 Å². The van der Waals surface area contributed by atoms with Gasteiger partial charge in [0.25, 0.3) is 0 Å². The summed E-state index contributed by atoms with van der Waals surface area (Å²) in [5.41, 5.74) is 0.873. The van der Waals surface area contributed by atoms with Gasteiger partial charge in [0, 0.05) is 30.6 Å². The third kappa shape index (κ3) is 5.06. The van der Waals surface area contributed by atoms with Crippen LogP contribution >= 0.6 is 0 Å². The van der Waals surface area contributed by atoms with Gasteiger partial charge in [-0.25, -0.2) is 9.18 Å². The molecule has 1 saturated heterocycles. The molecule has 152 valence electrons. The highest BCUT2D eigenvalue weighted by Crippen LogP contribution is 2.39. The lowest BCUT2D eigenvalue weighted by Crippen LogP contribution is -2.44. The summed E-state index contributed by atoms with van der Waals surface area (Å²) in [7, 11) is 0. The SMILES string of the molecule is CCCCOC(=O)C=C1CN(C(C(=O)C2CC2)c2ccccc2F)CCC1O. The molecule has 1 aromatic carbocycles. The highest BCUT2D eigenvalue weighted by atomic mass is 19.1. The van der Waals surface area contributed by atoms with Crippen LogP contribution in [-0.2, 0) is 14.3 Å². The number of unbranched alkanes of at least 4 members (excludes halogenated alkanes) is 1. The number of halogens is 1. The molecule has 0 spiro atoms. The van der Waals surface area contributed by atoms with Gasteiger partial charge in [0.1, 0.15) is 5.82 Å². The van der Waals surface area contributed by atoms with Gasteiger partial charge in [-0.05, 0) is 37.3 Å². The van der Waals surface area contributed by atoms with E-state index in [-0.39, 0.29) is 18.2 Å². The van der Waals surface area contributed by atoms with Gasteiger partial charge in [-0.3, -0.25) is 9.69 Å². The molecular weight excluding hydrogens is 361 g/mol. The Balaban J connectivity index is 1.80. The van der Waals surface area contributed by atoms with Crippen molar-refractivity contribution in [1.29, 1.82) is 0 Å². The van der Waals surface area contributed by atoms with Crippen LogP contribution in [0.15, 0.2) is 35.9 Å². The molecule has 1 aliphatic heterocycles. The molecule has 2 fully saturated rings. The average molecular weight is 389 g/mol. The quantitative estimate of drug-likeness (QED) is 0.420. The molecular formula is C22H28FNO4. The Labute approximate surface area is 165 Å². The van der Waals surface area contributed by atoms with Gasteiger partial charge in [-0.1, -0.05) is 31.5 Å². The first-order valence-corrected chi connectivity index (χ1v) is 10.1. The van der Waals surface area contributed by atoms with Gasteiger partial charge >= 0.3 is 5.97 Å². The summed E-state index contributed by atoms with van der Waals surface area (Å²) in [6, 6.07) is 5.65. The van der Waals surface area contributed by atoms with E-state index >= 15 is 0 Å². The second kappa shape index (κ2) is 9.43. The number of ketones is 1. The van der Waals surface area contributed by atoms with Crippen molar-refractivity contribution in [2.75, 3.05) is 19.7 Å². The minimum Gasteiger partial charge on any atom is -0.463 e. The summed E-state index contributed by atoms with van der Waals surface area (Å²) < 4.78 is 19.6. The third-order valence-electron chi connectivity index (χ3n) is 5.36. The molecule has 0 radical (unpaired) electrons. The monoisotopic (exact) mass is 389 g/mol. The van der Waals surface area contributed by atoms with E-state index in [0.717, 1.165) is 25.7 Å². The normalized spacial score (nSPS) is 22.8. The number of aliphatic hydroxyl groups excluding tert-OH is 1. The van der Waals surface area contributed by atoms with Crippen molar-refractivity contribution in [2.24, 2.45) is 5.92 Å². The Morgan fingerprint density at radius 2 is 2.07 bits per heavy atom. The molecule has 2 atom stereocenters. The predicted molar refractivity (Wildman–Crippen MR) is 103 cm³/mol. The minimum absolute atomic E-state index is 0.0198. The molecule has 1 aliphatic carbocycles. The predicted octanol–water partition coefficient (Wildman–Crippen LogP) is 3.18. The van der Waals surface area contributed by atoms with E-state index < -0.39 is 23.9 Å². The summed E-state index contributed by atoms with van der Waals surface area (Å²) in [5, 5.41) is 10.3. The van der Waals surface area contributed by atoms with E-state index in [1.165, 1.54) is 12.1 Å². The number of esters is 1. The highest BCUT2D eigenvalue weighted by Gasteiger charge is 2.41. The number of aliphatic hydroxyl groups is 1. The number of ether oxygens (including phenoxy) is 1. The van der Waals surface area contributed by atoms with Gasteiger partial charge in [-0.2, -0.15) is 0 Å². The molecule has 28 heavy (non-hydrogen) atoms.